The summed E-state index contributed by atoms with van der Waals surface area (Å²) in [4.78, 5) is 0. The van der Waals surface area contributed by atoms with Gasteiger partial charge in [-0.3, -0.25) is 0 Å². The van der Waals surface area contributed by atoms with Crippen molar-refractivity contribution in [3.63, 3.8) is 0 Å². The quantitative estimate of drug-likeness (QED) is 0.781. The lowest BCUT2D eigenvalue weighted by Crippen LogP contribution is -2.17. The van der Waals surface area contributed by atoms with Gasteiger partial charge in [0, 0.05) is 0 Å². The highest BCUT2D eigenvalue weighted by molar-refractivity contribution is 5.31. The number of likely N-dealkylation sites (N-methyl/N-ethyl adjacent to an activating group) is 1. The molecule has 0 amide bonds. The highest BCUT2D eigenvalue weighted by Gasteiger charge is 2.04. The third-order valence-corrected chi connectivity index (χ3v) is 3.46. The lowest BCUT2D eigenvalue weighted by Gasteiger charge is -2.12. The van der Waals surface area contributed by atoms with E-state index < -0.39 is 0 Å². The molecule has 0 radical (unpaired) electrons. The van der Waals surface area contributed by atoms with E-state index in [1.807, 2.05) is 12.1 Å². The summed E-state index contributed by atoms with van der Waals surface area (Å²) in [6.07, 6.45) is 0.982. The predicted octanol–water partition coefficient (Wildman–Crippen LogP) is 3.87. The molecule has 0 atom stereocenters. The fraction of sp³-hybridized carbons (Fsp3) is 0.333. The van der Waals surface area contributed by atoms with Gasteiger partial charge in [0.1, 0.15) is 18.2 Å². The summed E-state index contributed by atoms with van der Waals surface area (Å²) < 4.78 is 19.0. The molecule has 0 aliphatic carbocycles. The number of halogens is 1. The van der Waals surface area contributed by atoms with Crippen LogP contribution in [0.2, 0.25) is 0 Å². The molecule has 1 N–H and O–H groups in total. The van der Waals surface area contributed by atoms with Crippen LogP contribution in [-0.2, 0) is 13.0 Å². The molecule has 2 rings (SSSR count). The van der Waals surface area contributed by atoms with Crippen LogP contribution in [0, 0.1) is 12.7 Å². The van der Waals surface area contributed by atoms with E-state index in [2.05, 4.69) is 24.4 Å². The number of nitrogens with one attached hydrogen (secondary N) is 1. The van der Waals surface area contributed by atoms with Crippen LogP contribution in [0.5, 0.6) is 5.75 Å². The molecule has 3 heteroatoms. The number of hydrogen-bond acceptors (Lipinski definition) is 2. The van der Waals surface area contributed by atoms with Crippen LogP contribution in [0.4, 0.5) is 4.39 Å². The molecule has 0 aromatic heterocycles. The van der Waals surface area contributed by atoms with E-state index in [0.29, 0.717) is 17.9 Å². The highest BCUT2D eigenvalue weighted by atomic mass is 19.1. The predicted molar refractivity (Wildman–Crippen MR) is 84.2 cm³/mol. The summed E-state index contributed by atoms with van der Waals surface area (Å²) in [6.45, 7) is 6.29. The average molecular weight is 287 g/mol. The summed E-state index contributed by atoms with van der Waals surface area (Å²) in [6, 6.07) is 13.1. The van der Waals surface area contributed by atoms with Gasteiger partial charge in [-0.15, -0.1) is 0 Å². The second-order valence-corrected chi connectivity index (χ2v) is 5.07. The summed E-state index contributed by atoms with van der Waals surface area (Å²) in [5.74, 6) is 0.503. The smallest absolute Gasteiger partial charge is 0.126 e. The minimum absolute atomic E-state index is 0.201. The summed E-state index contributed by atoms with van der Waals surface area (Å²) >= 11 is 0. The Labute approximate surface area is 126 Å². The summed E-state index contributed by atoms with van der Waals surface area (Å²) in [7, 11) is 0. The zero-order valence-electron chi connectivity index (χ0n) is 12.7. The van der Waals surface area contributed by atoms with Crippen molar-refractivity contribution in [1.29, 1.82) is 0 Å². The Morgan fingerprint density at radius 3 is 2.57 bits per heavy atom. The van der Waals surface area contributed by atoms with Gasteiger partial charge < -0.3 is 10.1 Å². The molecule has 112 valence electrons. The van der Waals surface area contributed by atoms with Crippen LogP contribution in [0.1, 0.15) is 23.6 Å². The minimum Gasteiger partial charge on any atom is -0.489 e. The average Bonchev–Trinajstić information content (AvgIpc) is 2.50. The SMILES string of the molecule is CCNCCc1ccccc1COc1ccc(F)c(C)c1. The van der Waals surface area contributed by atoms with Crippen molar-refractivity contribution in [2.45, 2.75) is 26.9 Å². The summed E-state index contributed by atoms with van der Waals surface area (Å²) in [5, 5.41) is 3.33. The van der Waals surface area contributed by atoms with Crippen molar-refractivity contribution < 1.29 is 9.13 Å². The molecule has 0 aliphatic rings. The number of rotatable bonds is 7. The number of aryl methyl sites for hydroxylation is 1. The van der Waals surface area contributed by atoms with Crippen LogP contribution >= 0.6 is 0 Å². The van der Waals surface area contributed by atoms with E-state index in [0.717, 1.165) is 19.5 Å². The monoisotopic (exact) mass is 287 g/mol. The molecule has 0 saturated heterocycles. The maximum Gasteiger partial charge on any atom is 0.126 e. The first-order chi connectivity index (χ1) is 10.2. The molecule has 0 fully saturated rings. The van der Waals surface area contributed by atoms with Gasteiger partial charge in [-0.25, -0.2) is 4.39 Å². The van der Waals surface area contributed by atoms with Crippen LogP contribution < -0.4 is 10.1 Å². The largest absolute Gasteiger partial charge is 0.489 e. The molecule has 0 heterocycles. The Morgan fingerprint density at radius 2 is 1.86 bits per heavy atom. The molecule has 2 aromatic rings. The van der Waals surface area contributed by atoms with Crippen molar-refractivity contribution in [1.82, 2.24) is 5.32 Å². The first-order valence-corrected chi connectivity index (χ1v) is 7.37. The fourth-order valence-corrected chi connectivity index (χ4v) is 2.21. The maximum absolute atomic E-state index is 13.2. The van der Waals surface area contributed by atoms with Crippen LogP contribution in [0.3, 0.4) is 0 Å². The van der Waals surface area contributed by atoms with Gasteiger partial charge in [-0.05, 0) is 61.3 Å². The molecule has 0 aliphatic heterocycles. The van der Waals surface area contributed by atoms with E-state index in [1.54, 1.807) is 19.1 Å². The van der Waals surface area contributed by atoms with E-state index >= 15 is 0 Å². The van der Waals surface area contributed by atoms with Crippen LogP contribution in [0.25, 0.3) is 0 Å². The normalized spacial score (nSPS) is 10.6. The van der Waals surface area contributed by atoms with E-state index in [4.69, 9.17) is 4.74 Å². The molecule has 0 spiro atoms. The van der Waals surface area contributed by atoms with Gasteiger partial charge in [0.2, 0.25) is 0 Å². The van der Waals surface area contributed by atoms with Gasteiger partial charge >= 0.3 is 0 Å². The molecular weight excluding hydrogens is 265 g/mol. The first kappa shape index (κ1) is 15.5. The standard InChI is InChI=1S/C18H22FNO/c1-3-20-11-10-15-6-4-5-7-16(15)13-21-17-8-9-18(19)14(2)12-17/h4-9,12,20H,3,10-11,13H2,1-2H3. The lowest BCUT2D eigenvalue weighted by atomic mass is 10.1. The zero-order chi connectivity index (χ0) is 15.1. The van der Waals surface area contributed by atoms with Gasteiger partial charge in [-0.2, -0.15) is 0 Å². The van der Waals surface area contributed by atoms with Crippen molar-refractivity contribution in [3.8, 4) is 5.75 Å². The Hall–Kier alpha value is -1.87. The maximum atomic E-state index is 13.2. The van der Waals surface area contributed by atoms with Crippen LogP contribution in [0.15, 0.2) is 42.5 Å². The molecule has 21 heavy (non-hydrogen) atoms. The van der Waals surface area contributed by atoms with Gasteiger partial charge in [-0.1, -0.05) is 31.2 Å². The summed E-state index contributed by atoms with van der Waals surface area (Å²) in [5.41, 5.74) is 3.07. The van der Waals surface area contributed by atoms with Crippen molar-refractivity contribution in [3.05, 3.63) is 65.0 Å². The Kier molecular flexibility index (Phi) is 5.76. The molecule has 0 saturated carbocycles. The number of ether oxygens (including phenoxy) is 1. The van der Waals surface area contributed by atoms with Crippen molar-refractivity contribution in [2.24, 2.45) is 0 Å². The molecule has 0 unspecified atom stereocenters. The van der Waals surface area contributed by atoms with Crippen molar-refractivity contribution in [2.75, 3.05) is 13.1 Å². The Bertz CT molecular complexity index is 583. The second-order valence-electron chi connectivity index (χ2n) is 5.07. The van der Waals surface area contributed by atoms with Gasteiger partial charge in [0.05, 0.1) is 0 Å². The highest BCUT2D eigenvalue weighted by Crippen LogP contribution is 2.18. The van der Waals surface area contributed by atoms with E-state index in [-0.39, 0.29) is 5.82 Å². The van der Waals surface area contributed by atoms with Crippen molar-refractivity contribution >= 4 is 0 Å². The van der Waals surface area contributed by atoms with Gasteiger partial charge in [0.15, 0.2) is 0 Å². The van der Waals surface area contributed by atoms with Crippen LogP contribution in [-0.4, -0.2) is 13.1 Å². The third kappa shape index (κ3) is 4.57. The number of benzene rings is 2. The third-order valence-electron chi connectivity index (χ3n) is 3.46. The second kappa shape index (κ2) is 7.79. The van der Waals surface area contributed by atoms with E-state index in [9.17, 15) is 4.39 Å². The fourth-order valence-electron chi connectivity index (χ4n) is 2.21. The Balaban J connectivity index is 2.00. The van der Waals surface area contributed by atoms with Gasteiger partial charge in [0.25, 0.3) is 0 Å². The lowest BCUT2D eigenvalue weighted by molar-refractivity contribution is 0.304. The molecular formula is C18H22FNO. The number of hydrogen-bond donors (Lipinski definition) is 1. The topological polar surface area (TPSA) is 21.3 Å². The molecule has 0 bridgehead atoms. The Morgan fingerprint density at radius 1 is 1.10 bits per heavy atom. The minimum atomic E-state index is -0.201. The zero-order valence-corrected chi connectivity index (χ0v) is 12.7. The first-order valence-electron chi connectivity index (χ1n) is 7.37. The molecule has 2 nitrogen and oxygen atoms in total. The molecule has 2 aromatic carbocycles. The van der Waals surface area contributed by atoms with E-state index in [1.165, 1.54) is 17.2 Å².